The maximum Gasteiger partial charge on any atom is 0.325 e. The summed E-state index contributed by atoms with van der Waals surface area (Å²) >= 11 is 5.47. The number of nitrogens with one attached hydrogen (secondary N) is 2. The van der Waals surface area contributed by atoms with Crippen LogP contribution in [0.15, 0.2) is 23.8 Å². The van der Waals surface area contributed by atoms with E-state index in [-0.39, 0.29) is 42.5 Å². The highest BCUT2D eigenvalue weighted by molar-refractivity contribution is 8.07. The average Bonchev–Trinajstić information content (AvgIpc) is 3.72. The maximum atomic E-state index is 14.0. The lowest BCUT2D eigenvalue weighted by molar-refractivity contribution is -0.298. The number of nitrogens with zero attached hydrogens (tertiary/aromatic N) is 7. The summed E-state index contributed by atoms with van der Waals surface area (Å²) < 4.78 is 70.2. The van der Waals surface area contributed by atoms with Crippen LogP contribution in [0.3, 0.4) is 0 Å². The number of H-pyrrole nitrogens is 1. The van der Waals surface area contributed by atoms with Gasteiger partial charge in [0.2, 0.25) is 16.0 Å². The molecule has 4 bridgehead atoms. The molecule has 9 heterocycles. The third-order valence-electron chi connectivity index (χ3n) is 9.49. The van der Waals surface area contributed by atoms with Gasteiger partial charge in [-0.2, -0.15) is 4.98 Å². The molecule has 5 saturated heterocycles. The van der Waals surface area contributed by atoms with Crippen LogP contribution in [0.25, 0.3) is 22.3 Å². The van der Waals surface area contributed by atoms with Crippen molar-refractivity contribution >= 4 is 62.6 Å². The number of anilines is 2. The van der Waals surface area contributed by atoms with Crippen LogP contribution in [-0.4, -0.2) is 108 Å². The second-order valence-electron chi connectivity index (χ2n) is 11.9. The summed E-state index contributed by atoms with van der Waals surface area (Å²) in [4.78, 5) is 45.4. The number of ether oxygens (including phenoxy) is 4. The van der Waals surface area contributed by atoms with Gasteiger partial charge in [0, 0.05) is 20.1 Å². The van der Waals surface area contributed by atoms with Gasteiger partial charge in [0.05, 0.1) is 25.2 Å². The SMILES string of the molecule is CO[C@H]1[C@H]2O[P@](O)(=S)OC[C@]34C[C@@]5(O[C@H](C35)[C@H](n3cnc5c(N)ncnc53)O4)S(=O)(=O)NC[C@H]1O[C@H]2n1cnc2c(=O)[nH]c(N)nc21. The molecule has 5 aliphatic heterocycles. The van der Waals surface area contributed by atoms with Crippen molar-refractivity contribution in [1.82, 2.24) is 43.8 Å². The van der Waals surface area contributed by atoms with Crippen LogP contribution in [0, 0.1) is 5.92 Å². The zero-order chi connectivity index (χ0) is 32.7. The fraction of sp³-hybridized carbons (Fsp3) is 0.565. The molecule has 10 rings (SSSR count). The Labute approximate surface area is 268 Å². The number of aromatic nitrogens is 8. The van der Waals surface area contributed by atoms with Crippen molar-refractivity contribution in [2.45, 2.75) is 53.8 Å². The highest BCUT2D eigenvalue weighted by Gasteiger charge is 2.86. The van der Waals surface area contributed by atoms with Gasteiger partial charge in [-0.1, -0.05) is 0 Å². The molecule has 21 nitrogen and oxygen atoms in total. The molecule has 0 amide bonds. The van der Waals surface area contributed by atoms with Crippen LogP contribution >= 0.6 is 6.72 Å². The Morgan fingerprint density at radius 1 is 1.11 bits per heavy atom. The van der Waals surface area contributed by atoms with Gasteiger partial charge in [0.1, 0.15) is 41.9 Å². The highest BCUT2D eigenvalue weighted by Crippen LogP contribution is 2.72. The monoisotopic (exact) mass is 711 g/mol. The first-order valence-corrected chi connectivity index (χ1v) is 18.3. The molecule has 47 heavy (non-hydrogen) atoms. The van der Waals surface area contributed by atoms with E-state index < -0.39 is 75.6 Å². The van der Waals surface area contributed by atoms with Gasteiger partial charge < -0.3 is 39.8 Å². The number of aromatic amines is 1. The van der Waals surface area contributed by atoms with E-state index in [0.717, 1.165) is 0 Å². The van der Waals surface area contributed by atoms with Gasteiger partial charge >= 0.3 is 6.72 Å². The molecule has 4 aromatic rings. The molecule has 4 aromatic heterocycles. The highest BCUT2D eigenvalue weighted by atomic mass is 32.5. The Kier molecular flexibility index (Phi) is 6.16. The summed E-state index contributed by atoms with van der Waals surface area (Å²) in [7, 11) is -2.83. The lowest BCUT2D eigenvalue weighted by atomic mass is 9.61. The number of sulfonamides is 1. The van der Waals surface area contributed by atoms with Gasteiger partial charge in [0.25, 0.3) is 5.56 Å². The molecule has 6 fully saturated rings. The fourth-order valence-electron chi connectivity index (χ4n) is 7.53. The Morgan fingerprint density at radius 2 is 1.87 bits per heavy atom. The van der Waals surface area contributed by atoms with Gasteiger partial charge in [-0.3, -0.25) is 23.4 Å². The molecule has 10 atom stereocenters. The number of hydrogen-bond acceptors (Lipinski definition) is 17. The first-order chi connectivity index (χ1) is 22.4. The van der Waals surface area contributed by atoms with Crippen molar-refractivity contribution in [2.24, 2.45) is 5.92 Å². The summed E-state index contributed by atoms with van der Waals surface area (Å²) in [5.41, 5.74) is 10.6. The van der Waals surface area contributed by atoms with Gasteiger partial charge in [-0.15, -0.1) is 0 Å². The summed E-state index contributed by atoms with van der Waals surface area (Å²) in [6.45, 7) is -4.73. The number of methoxy groups -OCH3 is 1. The molecular formula is C23H26N11O10PS2. The number of fused-ring (bicyclic) bond motifs is 7. The van der Waals surface area contributed by atoms with E-state index in [4.69, 9.17) is 51.3 Å². The molecule has 7 N–H and O–H groups in total. The Hall–Kier alpha value is -3.22. The van der Waals surface area contributed by atoms with Crippen molar-refractivity contribution in [1.29, 1.82) is 0 Å². The summed E-state index contributed by atoms with van der Waals surface area (Å²) in [5, 5.41) is 0. The molecular weight excluding hydrogens is 685 g/mol. The summed E-state index contributed by atoms with van der Waals surface area (Å²) in [6, 6.07) is 0. The number of hydrogen-bond donors (Lipinski definition) is 5. The van der Waals surface area contributed by atoms with E-state index in [0.29, 0.717) is 11.2 Å². The van der Waals surface area contributed by atoms with Gasteiger partial charge in [0.15, 0.2) is 40.0 Å². The second kappa shape index (κ2) is 9.69. The first kappa shape index (κ1) is 29.9. The third-order valence-corrected chi connectivity index (χ3v) is 13.0. The number of rotatable bonds is 3. The summed E-state index contributed by atoms with van der Waals surface area (Å²) in [5.74, 6) is -0.734. The molecule has 1 unspecified atom stereocenters. The largest absolute Gasteiger partial charge is 0.382 e. The van der Waals surface area contributed by atoms with E-state index in [2.05, 4.69) is 34.6 Å². The quantitative estimate of drug-likeness (QED) is 0.143. The first-order valence-electron chi connectivity index (χ1n) is 14.2. The second-order valence-corrected chi connectivity index (χ2v) is 16.7. The van der Waals surface area contributed by atoms with E-state index in [1.165, 1.54) is 30.7 Å². The van der Waals surface area contributed by atoms with Crippen LogP contribution in [0.1, 0.15) is 18.9 Å². The molecule has 0 radical (unpaired) electrons. The van der Waals surface area contributed by atoms with Crippen molar-refractivity contribution < 1.29 is 41.3 Å². The Bertz CT molecular complexity index is 2200. The predicted octanol–water partition coefficient (Wildman–Crippen LogP) is -2.03. The number of nitrogens with two attached hydrogens (primary N) is 2. The Balaban J connectivity index is 1.09. The fourth-order valence-corrected chi connectivity index (χ4v) is 10.9. The summed E-state index contributed by atoms with van der Waals surface area (Å²) in [6.07, 6.45) is -2.02. The van der Waals surface area contributed by atoms with E-state index in [1.807, 2.05) is 0 Å². The van der Waals surface area contributed by atoms with Gasteiger partial charge in [-0.05, 0) is 11.8 Å². The van der Waals surface area contributed by atoms with Crippen LogP contribution in [0.5, 0.6) is 0 Å². The minimum atomic E-state index is -4.20. The van der Waals surface area contributed by atoms with Crippen LogP contribution < -0.4 is 21.7 Å². The molecule has 1 saturated carbocycles. The van der Waals surface area contributed by atoms with E-state index >= 15 is 0 Å². The minimum absolute atomic E-state index is 0.0393. The third kappa shape index (κ3) is 3.98. The van der Waals surface area contributed by atoms with Crippen molar-refractivity contribution in [3.05, 3.63) is 29.3 Å². The molecule has 0 aromatic carbocycles. The predicted molar refractivity (Wildman–Crippen MR) is 160 cm³/mol. The molecule has 250 valence electrons. The average molecular weight is 712 g/mol. The number of nitrogen functional groups attached to an aromatic ring is 2. The van der Waals surface area contributed by atoms with Crippen LogP contribution in [0.2, 0.25) is 0 Å². The molecule has 1 aliphatic carbocycles. The molecule has 24 heteroatoms. The lowest BCUT2D eigenvalue weighted by Gasteiger charge is -2.64. The minimum Gasteiger partial charge on any atom is -0.382 e. The van der Waals surface area contributed by atoms with Crippen molar-refractivity contribution in [3.8, 4) is 0 Å². The topological polar surface area (TPSA) is 281 Å². The smallest absolute Gasteiger partial charge is 0.325 e. The molecule has 6 aliphatic rings. The van der Waals surface area contributed by atoms with Crippen molar-refractivity contribution in [2.75, 3.05) is 31.7 Å². The maximum absolute atomic E-state index is 14.0. The van der Waals surface area contributed by atoms with E-state index in [1.54, 1.807) is 4.57 Å². The zero-order valence-electron chi connectivity index (χ0n) is 24.1. The van der Waals surface area contributed by atoms with Crippen molar-refractivity contribution in [3.63, 3.8) is 0 Å². The number of imidazole rings is 2. The zero-order valence-corrected chi connectivity index (χ0v) is 26.6. The standard InChI is InChI=1S/C23H26N11O10PS2/c1-39-11-8-2-30-47(37,38)23-3-22(14(23)13(42-23)20(43-22)33-6-28-9-15(24)26-5-27-16(9)33)4-40-45(36,46)44-12(11)19(41-8)34-7-29-10-17(34)31-21(25)32-18(10)35/h5-8,11-14,19-20,30H,2-4H2,1H3,(H,36,46)(H2,24,26,27)(H3,25,31,32,35)/t8-,11-,12-,13-,14?,19-,20-,22-,23-,45-/m1/s1. The molecule has 2 spiro atoms. The van der Waals surface area contributed by atoms with Crippen LogP contribution in [-0.2, 0) is 49.8 Å². The van der Waals surface area contributed by atoms with E-state index in [9.17, 15) is 18.1 Å². The normalized spacial score (nSPS) is 40.6. The van der Waals surface area contributed by atoms with Crippen LogP contribution in [0.4, 0.5) is 11.8 Å². The van der Waals surface area contributed by atoms with Gasteiger partial charge in [-0.25, -0.2) is 33.1 Å². The Morgan fingerprint density at radius 3 is 2.66 bits per heavy atom. The lowest BCUT2D eigenvalue weighted by Crippen LogP contribution is -2.81.